The van der Waals surface area contributed by atoms with Crippen LogP contribution in [-0.4, -0.2) is 17.5 Å². The molecule has 0 aliphatic carbocycles. The molecule has 0 saturated heterocycles. The van der Waals surface area contributed by atoms with Crippen LogP contribution in [0.2, 0.25) is 8.87 Å². The van der Waals surface area contributed by atoms with Crippen LogP contribution < -0.4 is 0 Å². The van der Waals surface area contributed by atoms with Crippen LogP contribution in [0.5, 0.6) is 0 Å². The first-order valence-electron chi connectivity index (χ1n) is 4.31. The van der Waals surface area contributed by atoms with Gasteiger partial charge in [0.2, 0.25) is 0 Å². The Balaban J connectivity index is 3.00. The number of halogens is 1. The molecule has 0 aliphatic heterocycles. The first kappa shape index (κ1) is 11.3. The summed E-state index contributed by atoms with van der Waals surface area (Å²) in [5.41, 5.74) is 0. The molecule has 0 rings (SSSR count). The van der Waals surface area contributed by atoms with Crippen molar-refractivity contribution < 1.29 is 0 Å². The first-order valence-corrected chi connectivity index (χ1v) is 14.7. The van der Waals surface area contributed by atoms with Gasteiger partial charge in [0, 0.05) is 0 Å². The van der Waals surface area contributed by atoms with Gasteiger partial charge >= 0.3 is 78.6 Å². The molecular weight excluding hydrogens is 295 g/mol. The van der Waals surface area contributed by atoms with E-state index >= 15 is 0 Å². The van der Waals surface area contributed by atoms with E-state index in [1.165, 1.54) is 25.7 Å². The van der Waals surface area contributed by atoms with Crippen molar-refractivity contribution in [2.75, 3.05) is 0 Å². The van der Waals surface area contributed by atoms with E-state index in [-0.39, 0.29) is 0 Å². The third-order valence-electron chi connectivity index (χ3n) is 1.60. The zero-order valence-corrected chi connectivity index (χ0v) is 11.6. The minimum absolute atomic E-state index is 0.928. The molecule has 0 aromatic heterocycles. The summed E-state index contributed by atoms with van der Waals surface area (Å²) in [6, 6.07) is 0. The molecule has 0 N–H and O–H groups in total. The average Bonchev–Trinajstić information content (AvgIpc) is 1.97. The second kappa shape index (κ2) is 8.38. The Morgan fingerprint density at radius 3 is 1.70 bits per heavy atom. The Labute approximate surface area is 78.3 Å². The van der Waals surface area contributed by atoms with E-state index in [1.807, 2.05) is 0 Å². The molecule has 0 nitrogen and oxygen atoms in total. The summed E-state index contributed by atoms with van der Waals surface area (Å²) >= 11 is 2.95. The average molecular weight is 313 g/mol. The molecule has 0 aliphatic rings. The van der Waals surface area contributed by atoms with Gasteiger partial charge in [-0.25, -0.2) is 0 Å². The zero-order valence-electron chi connectivity index (χ0n) is 7.12. The van der Waals surface area contributed by atoms with Crippen molar-refractivity contribution in [2.45, 2.75) is 48.4 Å². The quantitative estimate of drug-likeness (QED) is 0.651. The van der Waals surface area contributed by atoms with E-state index in [0.717, 1.165) is 0 Å². The molecule has 10 heavy (non-hydrogen) atoms. The maximum absolute atomic E-state index is 3.88. The van der Waals surface area contributed by atoms with Crippen LogP contribution in [0.25, 0.3) is 0 Å². The monoisotopic (exact) mass is 313 g/mol. The molecule has 61 valence electrons. The molecule has 0 atom stereocenters. The Kier molecular flexibility index (Phi) is 9.45. The normalized spacial score (nSPS) is 10.8. The molecule has 0 amide bonds. The summed E-state index contributed by atoms with van der Waals surface area (Å²) in [6.07, 6.45) is 5.68. The first-order chi connectivity index (χ1) is 4.81. The molecule has 1 radical (unpaired) electrons. The van der Waals surface area contributed by atoms with Gasteiger partial charge in [0.25, 0.3) is 0 Å². The van der Waals surface area contributed by atoms with Crippen molar-refractivity contribution in [1.29, 1.82) is 0 Å². The summed E-state index contributed by atoms with van der Waals surface area (Å²) in [4.78, 5) is 0. The Morgan fingerprint density at radius 1 is 1.00 bits per heavy atom. The van der Waals surface area contributed by atoms with E-state index in [0.29, 0.717) is 0 Å². The standard InChI is InChI=1S/2C4H9.BrH.Sn/c2*1-3-4-2;;/h2*1,3-4H2,2H3;1H;/q;;;+1/p-1. The van der Waals surface area contributed by atoms with Crippen LogP contribution in [-0.2, 0) is 0 Å². The summed E-state index contributed by atoms with van der Waals surface area (Å²) in [6.45, 7) is 4.56. The van der Waals surface area contributed by atoms with Crippen molar-refractivity contribution in [3.63, 3.8) is 0 Å². The third kappa shape index (κ3) is 7.39. The summed E-state index contributed by atoms with van der Waals surface area (Å²) < 4.78 is 3.11. The van der Waals surface area contributed by atoms with Crippen molar-refractivity contribution in [3.05, 3.63) is 0 Å². The minimum atomic E-state index is -0.928. The van der Waals surface area contributed by atoms with Gasteiger partial charge < -0.3 is 0 Å². The zero-order chi connectivity index (χ0) is 7.82. The number of rotatable bonds is 6. The van der Waals surface area contributed by atoms with Gasteiger partial charge in [-0.2, -0.15) is 0 Å². The van der Waals surface area contributed by atoms with E-state index in [9.17, 15) is 0 Å². The van der Waals surface area contributed by atoms with Crippen molar-refractivity contribution in [3.8, 4) is 0 Å². The fourth-order valence-electron chi connectivity index (χ4n) is 0.862. The number of unbranched alkanes of at least 4 members (excludes halogenated alkanes) is 2. The molecule has 0 aromatic rings. The van der Waals surface area contributed by atoms with Crippen molar-refractivity contribution >= 4 is 30.2 Å². The Morgan fingerprint density at radius 2 is 1.40 bits per heavy atom. The van der Waals surface area contributed by atoms with Crippen LogP contribution in [0.4, 0.5) is 0 Å². The predicted octanol–water partition coefficient (Wildman–Crippen LogP) is 3.97. The molecule has 0 spiro atoms. The number of hydrogen-bond acceptors (Lipinski definition) is 0. The van der Waals surface area contributed by atoms with Gasteiger partial charge in [-0.1, -0.05) is 0 Å². The fourth-order valence-corrected chi connectivity index (χ4v) is 9.55. The SMILES string of the molecule is CCC[CH2][Sn]([Br])[CH2]CCC. The third-order valence-corrected chi connectivity index (χ3v) is 12.0. The molecule has 0 saturated carbocycles. The fraction of sp³-hybridized carbons (Fsp3) is 1.00. The van der Waals surface area contributed by atoms with Crippen LogP contribution in [0.1, 0.15) is 39.5 Å². The van der Waals surface area contributed by atoms with E-state index in [1.54, 1.807) is 8.87 Å². The van der Waals surface area contributed by atoms with Gasteiger partial charge in [0.15, 0.2) is 0 Å². The van der Waals surface area contributed by atoms with Gasteiger partial charge in [-0.15, -0.1) is 0 Å². The summed E-state index contributed by atoms with van der Waals surface area (Å²) in [7, 11) is 0. The van der Waals surface area contributed by atoms with Crippen LogP contribution >= 0.6 is 12.7 Å². The number of hydrogen-bond donors (Lipinski definition) is 0. The van der Waals surface area contributed by atoms with Crippen LogP contribution in [0.3, 0.4) is 0 Å². The summed E-state index contributed by atoms with van der Waals surface area (Å²) in [5, 5.41) is 0. The van der Waals surface area contributed by atoms with Gasteiger partial charge in [0.1, 0.15) is 0 Å². The Bertz CT molecular complexity index is 58.3. The molecule has 0 heterocycles. The predicted molar refractivity (Wildman–Crippen MR) is 54.1 cm³/mol. The van der Waals surface area contributed by atoms with E-state index in [4.69, 9.17) is 0 Å². The molecule has 0 aromatic carbocycles. The van der Waals surface area contributed by atoms with E-state index in [2.05, 4.69) is 26.6 Å². The summed E-state index contributed by atoms with van der Waals surface area (Å²) in [5.74, 6) is 0. The molecule has 0 unspecified atom stereocenters. The van der Waals surface area contributed by atoms with Gasteiger partial charge in [-0.05, 0) is 0 Å². The second-order valence-corrected chi connectivity index (χ2v) is 16.1. The topological polar surface area (TPSA) is 0 Å². The molecule has 0 bridgehead atoms. The maximum atomic E-state index is 3.88. The molecule has 2 heteroatoms. The van der Waals surface area contributed by atoms with Crippen LogP contribution in [0.15, 0.2) is 0 Å². The van der Waals surface area contributed by atoms with Crippen LogP contribution in [0, 0.1) is 0 Å². The second-order valence-electron chi connectivity index (χ2n) is 2.72. The molecule has 0 fully saturated rings. The van der Waals surface area contributed by atoms with Gasteiger partial charge in [0.05, 0.1) is 0 Å². The van der Waals surface area contributed by atoms with Crippen molar-refractivity contribution in [2.24, 2.45) is 0 Å². The van der Waals surface area contributed by atoms with Gasteiger partial charge in [-0.3, -0.25) is 0 Å². The molecular formula is C8H18BrSn. The van der Waals surface area contributed by atoms with Crippen molar-refractivity contribution in [1.82, 2.24) is 0 Å². The Hall–Kier alpha value is 1.28. The van der Waals surface area contributed by atoms with E-state index < -0.39 is 17.5 Å².